The third kappa shape index (κ3) is 9.80. The molecule has 0 radical (unpaired) electrons. The maximum Gasteiger partial charge on any atom is 0.338 e. The van der Waals surface area contributed by atoms with Gasteiger partial charge in [-0.05, 0) is 43.7 Å². The number of rotatable bonds is 13. The van der Waals surface area contributed by atoms with Gasteiger partial charge in [0.25, 0.3) is 0 Å². The quantitative estimate of drug-likeness (QED) is 0.0799. The molecule has 1 aliphatic rings. The Balaban J connectivity index is 2.01. The van der Waals surface area contributed by atoms with Crippen LogP contribution in [0.15, 0.2) is 29.3 Å². The molecule has 2 unspecified atom stereocenters. The maximum absolute atomic E-state index is 13.1. The van der Waals surface area contributed by atoms with Crippen LogP contribution in [0.5, 0.6) is 0 Å². The zero-order valence-electron chi connectivity index (χ0n) is 20.7. The van der Waals surface area contributed by atoms with E-state index in [1.807, 2.05) is 0 Å². The minimum absolute atomic E-state index is 0.0655. The van der Waals surface area contributed by atoms with Crippen molar-refractivity contribution in [2.75, 3.05) is 26.7 Å². The van der Waals surface area contributed by atoms with Crippen molar-refractivity contribution in [3.05, 3.63) is 35.4 Å². The maximum atomic E-state index is 13.1. The first-order chi connectivity index (χ1) is 17.6. The number of hydrogen-bond acceptors (Lipinski definition) is 8. The molecular weight excluding hydrogens is 504 g/mol. The summed E-state index contributed by atoms with van der Waals surface area (Å²) in [5, 5.41) is 2.57. The number of likely N-dealkylation sites (tertiary alicyclic amines) is 1. The lowest BCUT2D eigenvalue weighted by atomic mass is 10.1. The number of nitrogens with two attached hydrogens (primary N) is 2. The minimum atomic E-state index is -4.02. The molecule has 13 nitrogen and oxygen atoms in total. The number of aldehydes is 1. The summed E-state index contributed by atoms with van der Waals surface area (Å²) in [7, 11) is -2.82. The Morgan fingerprint density at radius 2 is 2.00 bits per heavy atom. The number of aliphatic imine (C=N–C) groups is 1. The largest absolute Gasteiger partial charge is 0.465 e. The second-order valence-electron chi connectivity index (χ2n) is 8.59. The highest BCUT2D eigenvalue weighted by Gasteiger charge is 2.32. The summed E-state index contributed by atoms with van der Waals surface area (Å²) in [4.78, 5) is 54.0. The number of methoxy groups -OCH3 is 1. The zero-order chi connectivity index (χ0) is 27.4. The van der Waals surface area contributed by atoms with E-state index < -0.39 is 45.6 Å². The molecule has 1 aliphatic heterocycles. The highest BCUT2D eigenvalue weighted by Crippen LogP contribution is 2.17. The smallest absolute Gasteiger partial charge is 0.338 e. The predicted octanol–water partition coefficient (Wildman–Crippen LogP) is -0.989. The number of benzene rings is 1. The van der Waals surface area contributed by atoms with E-state index in [2.05, 4.69) is 15.0 Å². The van der Waals surface area contributed by atoms with Gasteiger partial charge in [0.15, 0.2) is 5.96 Å². The predicted molar refractivity (Wildman–Crippen MR) is 136 cm³/mol. The highest BCUT2D eigenvalue weighted by molar-refractivity contribution is 7.88. The van der Waals surface area contributed by atoms with Crippen molar-refractivity contribution in [3.63, 3.8) is 0 Å². The van der Waals surface area contributed by atoms with Crippen molar-refractivity contribution in [2.45, 2.75) is 49.9 Å². The molecule has 2 amide bonds. The molecule has 14 heteroatoms. The Labute approximate surface area is 216 Å². The van der Waals surface area contributed by atoms with E-state index in [0.29, 0.717) is 38.5 Å². The lowest BCUT2D eigenvalue weighted by molar-refractivity contribution is -0.137. The number of carbonyl (C=O) groups is 4. The van der Waals surface area contributed by atoms with Crippen molar-refractivity contribution in [3.8, 4) is 0 Å². The topological polar surface area (TPSA) is 203 Å². The van der Waals surface area contributed by atoms with Crippen molar-refractivity contribution in [1.29, 1.82) is 0 Å². The SMILES string of the molecule is COC(=O)c1ccccc1CS(=O)(=O)NC1CCCCN(CC(=O)NC(C=O)CCCN=C(N)N)C1=O. The van der Waals surface area contributed by atoms with E-state index in [9.17, 15) is 27.6 Å². The van der Waals surface area contributed by atoms with Gasteiger partial charge in [0.2, 0.25) is 21.8 Å². The van der Waals surface area contributed by atoms with Crippen LogP contribution in [0, 0.1) is 0 Å². The first-order valence-corrected chi connectivity index (χ1v) is 13.5. The summed E-state index contributed by atoms with van der Waals surface area (Å²) < 4.78 is 32.9. The van der Waals surface area contributed by atoms with Gasteiger partial charge in [-0.15, -0.1) is 0 Å². The minimum Gasteiger partial charge on any atom is -0.465 e. The van der Waals surface area contributed by atoms with Gasteiger partial charge in [0, 0.05) is 13.1 Å². The average molecular weight is 539 g/mol. The van der Waals surface area contributed by atoms with Gasteiger partial charge in [0.05, 0.1) is 31.0 Å². The number of ether oxygens (including phenoxy) is 1. The van der Waals surface area contributed by atoms with Crippen LogP contribution in [-0.2, 0) is 34.9 Å². The number of nitrogens with one attached hydrogen (secondary N) is 2. The Hall–Kier alpha value is -3.52. The Morgan fingerprint density at radius 1 is 1.27 bits per heavy atom. The molecule has 1 fully saturated rings. The number of esters is 1. The molecule has 2 rings (SSSR count). The fraction of sp³-hybridized carbons (Fsp3) is 0.522. The number of sulfonamides is 1. The van der Waals surface area contributed by atoms with Gasteiger partial charge >= 0.3 is 5.97 Å². The molecular formula is C23H34N6O7S. The Morgan fingerprint density at radius 3 is 2.68 bits per heavy atom. The first-order valence-electron chi connectivity index (χ1n) is 11.8. The molecule has 6 N–H and O–H groups in total. The van der Waals surface area contributed by atoms with E-state index in [0.717, 1.165) is 0 Å². The monoisotopic (exact) mass is 538 g/mol. The molecule has 0 aromatic heterocycles. The van der Waals surface area contributed by atoms with Crippen molar-refractivity contribution in [1.82, 2.24) is 14.9 Å². The van der Waals surface area contributed by atoms with E-state index >= 15 is 0 Å². The average Bonchev–Trinajstić information content (AvgIpc) is 3.01. The molecule has 0 aliphatic carbocycles. The summed E-state index contributed by atoms with van der Waals surface area (Å²) in [5.41, 5.74) is 10.9. The van der Waals surface area contributed by atoms with Gasteiger partial charge in [-0.2, -0.15) is 0 Å². The Kier molecular flexibility index (Phi) is 11.5. The van der Waals surface area contributed by atoms with Crippen molar-refractivity contribution < 1.29 is 32.3 Å². The number of amides is 2. The summed E-state index contributed by atoms with van der Waals surface area (Å²) in [6.45, 7) is 0.255. The third-order valence-electron chi connectivity index (χ3n) is 5.68. The standard InChI is InChI=1S/C23H34N6O7S/c1-36-22(33)18-9-3-2-7-16(18)15-37(34,35)28-19-10-4-5-12-29(21(19)32)13-20(31)27-17(14-30)8-6-11-26-23(24)25/h2-3,7,9,14,17,19,28H,4-6,8,10-13,15H2,1H3,(H,27,31)(H4,24,25,26). The summed E-state index contributed by atoms with van der Waals surface area (Å²) in [6.07, 6.45) is 2.79. The number of hydrogen-bond donors (Lipinski definition) is 4. The van der Waals surface area contributed by atoms with Gasteiger partial charge in [-0.1, -0.05) is 18.2 Å². The fourth-order valence-electron chi connectivity index (χ4n) is 3.91. The van der Waals surface area contributed by atoms with Crippen LogP contribution in [0.1, 0.15) is 48.0 Å². The molecule has 1 heterocycles. The summed E-state index contributed by atoms with van der Waals surface area (Å²) >= 11 is 0. The van der Waals surface area contributed by atoms with Crippen LogP contribution in [-0.4, -0.2) is 82.2 Å². The molecule has 0 spiro atoms. The second-order valence-corrected chi connectivity index (χ2v) is 10.3. The summed E-state index contributed by atoms with van der Waals surface area (Å²) in [6, 6.07) is 4.31. The normalized spacial score (nSPS) is 16.8. The molecule has 1 saturated heterocycles. The second kappa shape index (κ2) is 14.3. The molecule has 1 aromatic rings. The van der Waals surface area contributed by atoms with Crippen LogP contribution in [0.25, 0.3) is 0 Å². The van der Waals surface area contributed by atoms with Crippen LogP contribution >= 0.6 is 0 Å². The van der Waals surface area contributed by atoms with Crippen LogP contribution in [0.3, 0.4) is 0 Å². The Bertz CT molecular complexity index is 1100. The first kappa shape index (κ1) is 29.7. The van der Waals surface area contributed by atoms with Crippen molar-refractivity contribution in [2.24, 2.45) is 16.5 Å². The molecule has 0 bridgehead atoms. The van der Waals surface area contributed by atoms with E-state index in [1.54, 1.807) is 12.1 Å². The number of guanidine groups is 1. The van der Waals surface area contributed by atoms with Gasteiger partial charge in [0.1, 0.15) is 12.3 Å². The van der Waals surface area contributed by atoms with Crippen LogP contribution in [0.2, 0.25) is 0 Å². The van der Waals surface area contributed by atoms with Gasteiger partial charge < -0.3 is 31.2 Å². The van der Waals surface area contributed by atoms with E-state index in [-0.39, 0.29) is 36.6 Å². The lowest BCUT2D eigenvalue weighted by Gasteiger charge is -2.25. The molecule has 1 aromatic carbocycles. The van der Waals surface area contributed by atoms with Crippen molar-refractivity contribution >= 4 is 40.1 Å². The zero-order valence-corrected chi connectivity index (χ0v) is 21.5. The van der Waals surface area contributed by atoms with E-state index in [1.165, 1.54) is 24.1 Å². The molecule has 204 valence electrons. The molecule has 2 atom stereocenters. The molecule has 37 heavy (non-hydrogen) atoms. The highest BCUT2D eigenvalue weighted by atomic mass is 32.2. The van der Waals surface area contributed by atoms with Gasteiger partial charge in [-0.25, -0.2) is 17.9 Å². The van der Waals surface area contributed by atoms with Crippen LogP contribution < -0.4 is 21.5 Å². The lowest BCUT2D eigenvalue weighted by Crippen LogP contribution is -2.51. The molecule has 0 saturated carbocycles. The fourth-order valence-corrected chi connectivity index (χ4v) is 5.31. The van der Waals surface area contributed by atoms with Crippen LogP contribution in [0.4, 0.5) is 0 Å². The third-order valence-corrected chi connectivity index (χ3v) is 7.02. The number of nitrogens with zero attached hydrogens (tertiary/aromatic N) is 2. The number of carbonyl (C=O) groups excluding carboxylic acids is 4. The van der Waals surface area contributed by atoms with Gasteiger partial charge in [-0.3, -0.25) is 14.6 Å². The summed E-state index contributed by atoms with van der Waals surface area (Å²) in [5.74, 6) is -2.33. The van der Waals surface area contributed by atoms with E-state index in [4.69, 9.17) is 16.2 Å².